The van der Waals surface area contributed by atoms with Gasteiger partial charge in [0, 0.05) is 28.8 Å². The summed E-state index contributed by atoms with van der Waals surface area (Å²) in [6.07, 6.45) is 10.4. The zero-order valence-corrected chi connectivity index (χ0v) is 26.2. The Hall–Kier alpha value is -3.93. The molecule has 0 unspecified atom stereocenters. The lowest BCUT2D eigenvalue weighted by Crippen LogP contribution is -2.31. The quantitative estimate of drug-likeness (QED) is 0.180. The van der Waals surface area contributed by atoms with E-state index >= 15 is 0 Å². The van der Waals surface area contributed by atoms with Crippen LogP contribution in [-0.4, -0.2) is 59.7 Å². The monoisotopic (exact) mass is 665 g/mol. The number of rotatable bonds is 8. The molecule has 0 fully saturated rings. The Bertz CT molecular complexity index is 2070. The number of allylic oxidation sites excluding steroid dienone is 8. The highest BCUT2D eigenvalue weighted by Crippen LogP contribution is 2.49. The van der Waals surface area contributed by atoms with Gasteiger partial charge in [-0.2, -0.15) is 16.8 Å². The van der Waals surface area contributed by atoms with Crippen molar-refractivity contribution in [2.75, 3.05) is 4.31 Å². The van der Waals surface area contributed by atoms with Crippen molar-refractivity contribution in [3.8, 4) is 0 Å². The van der Waals surface area contributed by atoms with E-state index in [1.54, 1.807) is 27.7 Å². The molecule has 0 saturated carbocycles. The molecule has 2 aromatic carbocycles. The van der Waals surface area contributed by atoms with Crippen LogP contribution in [0.1, 0.15) is 49.2 Å². The zero-order valence-electron chi connectivity index (χ0n) is 23.8. The third-order valence-corrected chi connectivity index (χ3v) is 9.99. The Kier molecular flexibility index (Phi) is 8.17. The maximum absolute atomic E-state index is 12.3. The molecule has 44 heavy (non-hydrogen) atoms. The minimum Gasteiger partial charge on any atom is -0.478 e. The van der Waals surface area contributed by atoms with Gasteiger partial charge in [-0.25, -0.2) is 13.7 Å². The molecule has 234 valence electrons. The molecular formula is C28H29N2O11S3+. The molecule has 0 saturated heterocycles. The molecule has 13 nitrogen and oxygen atoms in total. The van der Waals surface area contributed by atoms with Gasteiger partial charge in [-0.1, -0.05) is 48.2 Å². The summed E-state index contributed by atoms with van der Waals surface area (Å²) in [6.45, 7) is 6.59. The summed E-state index contributed by atoms with van der Waals surface area (Å²) in [5, 5.41) is 9.36. The largest absolute Gasteiger partial charge is 0.512 e. The van der Waals surface area contributed by atoms with Gasteiger partial charge in [0.2, 0.25) is 11.4 Å². The Balaban J connectivity index is 1.65. The predicted octanol–water partition coefficient (Wildman–Crippen LogP) is 3.96. The van der Waals surface area contributed by atoms with Gasteiger partial charge in [0.15, 0.2) is 0 Å². The lowest BCUT2D eigenvalue weighted by Gasteiger charge is -2.24. The van der Waals surface area contributed by atoms with Gasteiger partial charge in [-0.3, -0.25) is 9.11 Å². The van der Waals surface area contributed by atoms with Crippen molar-refractivity contribution in [1.29, 1.82) is 0 Å². The summed E-state index contributed by atoms with van der Waals surface area (Å²) >= 11 is 0. The van der Waals surface area contributed by atoms with Gasteiger partial charge in [-0.15, -0.1) is 8.42 Å². The summed E-state index contributed by atoms with van der Waals surface area (Å²) in [4.78, 5) is 11.0. The van der Waals surface area contributed by atoms with Crippen molar-refractivity contribution in [3.05, 3.63) is 101 Å². The maximum Gasteiger partial charge on any atom is 0.512 e. The van der Waals surface area contributed by atoms with Gasteiger partial charge in [-0.05, 0) is 55.8 Å². The lowest BCUT2D eigenvalue weighted by molar-refractivity contribution is -0.269. The molecule has 2 aliphatic heterocycles. The predicted molar refractivity (Wildman–Crippen MR) is 162 cm³/mol. The van der Waals surface area contributed by atoms with Crippen LogP contribution in [0, 0.1) is 0 Å². The Morgan fingerprint density at radius 1 is 0.795 bits per heavy atom. The maximum atomic E-state index is 12.3. The van der Waals surface area contributed by atoms with E-state index in [9.17, 15) is 48.8 Å². The van der Waals surface area contributed by atoms with Crippen LogP contribution in [0.5, 0.6) is 0 Å². The van der Waals surface area contributed by atoms with Crippen molar-refractivity contribution in [2.24, 2.45) is 0 Å². The van der Waals surface area contributed by atoms with Crippen LogP contribution in [0.4, 0.5) is 11.4 Å². The minimum atomic E-state index is -4.82. The smallest absolute Gasteiger partial charge is 0.478 e. The fourth-order valence-electron chi connectivity index (χ4n) is 5.28. The van der Waals surface area contributed by atoms with Crippen LogP contribution in [0.15, 0.2) is 89.5 Å². The fourth-order valence-corrected chi connectivity index (χ4v) is 7.68. The van der Waals surface area contributed by atoms with Crippen molar-refractivity contribution in [1.82, 2.24) is 0 Å². The van der Waals surface area contributed by atoms with Crippen molar-refractivity contribution >= 4 is 53.8 Å². The molecule has 0 atom stereocenters. The zero-order chi connectivity index (χ0) is 33.0. The van der Waals surface area contributed by atoms with Gasteiger partial charge < -0.3 is 5.11 Å². The van der Waals surface area contributed by atoms with E-state index in [0.717, 1.165) is 16.4 Å². The van der Waals surface area contributed by atoms with Crippen LogP contribution in [0.3, 0.4) is 0 Å². The van der Waals surface area contributed by atoms with Crippen LogP contribution >= 0.6 is 0 Å². The first kappa shape index (κ1) is 33.0. The van der Waals surface area contributed by atoms with Crippen LogP contribution < -0.4 is 4.31 Å². The number of carboxylic acid groups (broad SMARTS) is 1. The van der Waals surface area contributed by atoms with Crippen LogP contribution in [0.2, 0.25) is 0 Å². The first-order chi connectivity index (χ1) is 20.1. The van der Waals surface area contributed by atoms with Crippen molar-refractivity contribution in [2.45, 2.75) is 43.4 Å². The molecular weight excluding hydrogens is 637 g/mol. The van der Waals surface area contributed by atoms with E-state index in [2.05, 4.69) is 0 Å². The van der Waals surface area contributed by atoms with Crippen molar-refractivity contribution < 1.29 is 52.8 Å². The average molecular weight is 666 g/mol. The molecule has 0 spiro atoms. The van der Waals surface area contributed by atoms with E-state index in [4.69, 9.17) is 0 Å². The Labute approximate surface area is 255 Å². The number of anilines is 1. The lowest BCUT2D eigenvalue weighted by atomic mass is 9.81. The fraction of sp³-hybridized carbons (Fsp3) is 0.214. The second kappa shape index (κ2) is 10.9. The topological polar surface area (TPSA) is 207 Å². The standard InChI is InChI=1S/C28H28N2O11S3/c1-27(2)20-16-18(26(31)32)12-14-22(20)29(43(36,37)38)24(27)10-8-6-5-7-9-11-25-28(3,4)21-17-19(42(33,34)35)13-15-23(21)30(25)44(39,40)41/h5-17H,1-4H3,(H3-,31,32,33,34,35,36,37,38,39,40,41)/p+1. The number of nitrogens with zero attached hydrogens (tertiary/aromatic N) is 2. The molecule has 0 bridgehead atoms. The highest BCUT2D eigenvalue weighted by Gasteiger charge is 2.50. The molecule has 0 aliphatic carbocycles. The molecule has 0 radical (unpaired) electrons. The third kappa shape index (κ3) is 5.91. The molecule has 0 amide bonds. The number of hydrogen-bond donors (Lipinski definition) is 4. The second-order valence-corrected chi connectivity index (χ2v) is 14.9. The van der Waals surface area contributed by atoms with E-state index in [1.165, 1.54) is 66.8 Å². The molecule has 2 aromatic rings. The summed E-state index contributed by atoms with van der Waals surface area (Å²) < 4.78 is 103. The van der Waals surface area contributed by atoms with Crippen LogP contribution in [0.25, 0.3) is 0 Å². The number of carbonyl (C=O) groups is 1. The van der Waals surface area contributed by atoms with Gasteiger partial charge in [0.25, 0.3) is 10.1 Å². The summed E-state index contributed by atoms with van der Waals surface area (Å²) in [5.74, 6) is -1.19. The highest BCUT2D eigenvalue weighted by molar-refractivity contribution is 7.87. The third-order valence-electron chi connectivity index (χ3n) is 7.43. The molecule has 2 heterocycles. The first-order valence-electron chi connectivity index (χ1n) is 12.7. The molecule has 16 heteroatoms. The number of carboxylic acids is 1. The first-order valence-corrected chi connectivity index (χ1v) is 17.0. The highest BCUT2D eigenvalue weighted by atomic mass is 32.2. The minimum absolute atomic E-state index is 0.0130. The van der Waals surface area contributed by atoms with E-state index in [-0.39, 0.29) is 33.9 Å². The van der Waals surface area contributed by atoms with E-state index in [1.807, 2.05) is 0 Å². The second-order valence-electron chi connectivity index (χ2n) is 11.0. The SMILES string of the molecule is CC1(C)C(/C=C/C=C/C=C/C=C2/N(S(=O)(=O)O)c3ccc(C(=O)O)cc3C2(C)C)=[N+](S(=O)(=O)O)c2ccc(S(=O)(=O)O)cc21. The summed E-state index contributed by atoms with van der Waals surface area (Å²) in [6, 6.07) is 7.22. The average Bonchev–Trinajstić information content (AvgIpc) is 3.25. The Morgan fingerprint density at radius 2 is 1.41 bits per heavy atom. The normalized spacial score (nSPS) is 19.1. The molecule has 4 N–H and O–H groups in total. The molecule has 0 aromatic heterocycles. The molecule has 2 aliphatic rings. The van der Waals surface area contributed by atoms with Crippen molar-refractivity contribution in [3.63, 3.8) is 0 Å². The molecule has 4 rings (SSSR count). The van der Waals surface area contributed by atoms with E-state index < -0.39 is 52.4 Å². The number of aromatic carboxylic acids is 1. The number of fused-ring (bicyclic) bond motifs is 2. The Morgan fingerprint density at radius 3 is 1.98 bits per heavy atom. The summed E-state index contributed by atoms with van der Waals surface area (Å²) in [7, 11) is -14.2. The van der Waals surface area contributed by atoms with Gasteiger partial charge in [0.1, 0.15) is 0 Å². The van der Waals surface area contributed by atoms with Gasteiger partial charge in [0.05, 0.1) is 21.6 Å². The van der Waals surface area contributed by atoms with Crippen LogP contribution in [-0.2, 0) is 41.6 Å². The number of hydrogen-bond acceptors (Lipinski definition) is 7. The number of benzene rings is 2. The van der Waals surface area contributed by atoms with Gasteiger partial charge >= 0.3 is 26.6 Å². The summed E-state index contributed by atoms with van der Waals surface area (Å²) in [5.41, 5.74) is -1.16. The van der Waals surface area contributed by atoms with E-state index in [0.29, 0.717) is 9.54 Å².